The van der Waals surface area contributed by atoms with Crippen LogP contribution in [0.5, 0.6) is 5.75 Å². The van der Waals surface area contributed by atoms with Crippen LogP contribution in [0.1, 0.15) is 12.2 Å². The van der Waals surface area contributed by atoms with Crippen molar-refractivity contribution in [2.45, 2.75) is 25.5 Å². The van der Waals surface area contributed by atoms with E-state index in [0.29, 0.717) is 11.9 Å². The highest BCUT2D eigenvalue weighted by atomic mass is 16.3. The average Bonchev–Trinajstić information content (AvgIpc) is 2.57. The highest BCUT2D eigenvalue weighted by Crippen LogP contribution is 2.27. The fourth-order valence-corrected chi connectivity index (χ4v) is 2.18. The van der Waals surface area contributed by atoms with Crippen molar-refractivity contribution >= 4 is 11.0 Å². The number of aromatic hydroxyl groups is 1. The van der Waals surface area contributed by atoms with Crippen LogP contribution in [0, 0.1) is 0 Å². The number of aryl methyl sites for hydroxylation is 1. The van der Waals surface area contributed by atoms with Crippen LogP contribution in [0.3, 0.4) is 0 Å². The number of hydrogen-bond donors (Lipinski definition) is 2. The van der Waals surface area contributed by atoms with Crippen molar-refractivity contribution in [2.24, 2.45) is 0 Å². The Hall–Kier alpha value is -1.55. The minimum absolute atomic E-state index is 0.212. The molecule has 0 spiro atoms. The van der Waals surface area contributed by atoms with Crippen LogP contribution in [0.15, 0.2) is 18.2 Å². The first-order chi connectivity index (χ1) is 7.25. The van der Waals surface area contributed by atoms with Gasteiger partial charge in [0.25, 0.3) is 0 Å². The van der Waals surface area contributed by atoms with Gasteiger partial charge >= 0.3 is 0 Å². The van der Waals surface area contributed by atoms with E-state index in [4.69, 9.17) is 0 Å². The molecule has 4 heteroatoms. The van der Waals surface area contributed by atoms with E-state index in [1.165, 1.54) is 0 Å². The van der Waals surface area contributed by atoms with Gasteiger partial charge in [0.05, 0.1) is 11.6 Å². The van der Waals surface area contributed by atoms with Gasteiger partial charge < -0.3 is 14.8 Å². The van der Waals surface area contributed by atoms with Crippen LogP contribution in [-0.2, 0) is 13.0 Å². The van der Waals surface area contributed by atoms with E-state index in [1.54, 1.807) is 6.07 Å². The molecule has 0 bridgehead atoms. The number of hydrogen-bond acceptors (Lipinski definition) is 3. The third-order valence-electron chi connectivity index (χ3n) is 2.94. The van der Waals surface area contributed by atoms with Gasteiger partial charge in [-0.25, -0.2) is 4.98 Å². The number of aliphatic hydroxyl groups excluding tert-OH is 1. The number of phenolic OH excluding ortho intramolecular Hbond substituents is 1. The molecule has 2 heterocycles. The van der Waals surface area contributed by atoms with E-state index in [2.05, 4.69) is 9.55 Å². The van der Waals surface area contributed by atoms with Gasteiger partial charge in [-0.15, -0.1) is 0 Å². The number of imidazole rings is 1. The zero-order valence-corrected chi connectivity index (χ0v) is 8.22. The lowest BCUT2D eigenvalue weighted by Gasteiger charge is -2.19. The predicted octanol–water partition coefficient (Wildman–Crippen LogP) is 1.05. The van der Waals surface area contributed by atoms with E-state index < -0.39 is 0 Å². The normalized spacial score (nSPS) is 20.5. The van der Waals surface area contributed by atoms with Gasteiger partial charge in [0, 0.05) is 13.0 Å². The monoisotopic (exact) mass is 204 g/mol. The molecule has 1 unspecified atom stereocenters. The maximum atomic E-state index is 9.65. The van der Waals surface area contributed by atoms with Gasteiger partial charge in [0.1, 0.15) is 17.1 Å². The quantitative estimate of drug-likeness (QED) is 0.674. The first-order valence-electron chi connectivity index (χ1n) is 5.11. The second-order valence-corrected chi connectivity index (χ2v) is 3.97. The van der Waals surface area contributed by atoms with Gasteiger partial charge in [-0.1, -0.05) is 6.07 Å². The number of rotatable bonds is 0. The lowest BCUT2D eigenvalue weighted by molar-refractivity contribution is 0.142. The molecule has 0 aliphatic carbocycles. The third kappa shape index (κ3) is 1.22. The highest BCUT2D eigenvalue weighted by molar-refractivity contribution is 5.82. The Labute approximate surface area is 86.8 Å². The molecule has 1 aromatic carbocycles. The summed E-state index contributed by atoms with van der Waals surface area (Å²) in [5, 5.41) is 19.2. The summed E-state index contributed by atoms with van der Waals surface area (Å²) >= 11 is 0. The van der Waals surface area contributed by atoms with Crippen molar-refractivity contribution in [1.29, 1.82) is 0 Å². The largest absolute Gasteiger partial charge is 0.506 e. The summed E-state index contributed by atoms with van der Waals surface area (Å²) in [5.41, 5.74) is 1.60. The molecule has 1 aliphatic rings. The molecule has 0 fully saturated rings. The summed E-state index contributed by atoms with van der Waals surface area (Å²) in [6.45, 7) is 0.774. The number of fused-ring (bicyclic) bond motifs is 3. The van der Waals surface area contributed by atoms with E-state index in [0.717, 1.165) is 24.3 Å². The first-order valence-corrected chi connectivity index (χ1v) is 5.11. The summed E-state index contributed by atoms with van der Waals surface area (Å²) in [5.74, 6) is 1.08. The van der Waals surface area contributed by atoms with E-state index in [9.17, 15) is 10.2 Å². The summed E-state index contributed by atoms with van der Waals surface area (Å²) in [4.78, 5) is 4.36. The van der Waals surface area contributed by atoms with Crippen molar-refractivity contribution in [1.82, 2.24) is 9.55 Å². The third-order valence-corrected chi connectivity index (χ3v) is 2.94. The highest BCUT2D eigenvalue weighted by Gasteiger charge is 2.20. The standard InChI is InChI=1S/C11H12N2O2/c14-7-4-5-13-8-2-1-3-9(15)11(8)12-10(13)6-7/h1-3,7,14-15H,4-6H2. The molecule has 2 N–H and O–H groups in total. The molecule has 78 valence electrons. The summed E-state index contributed by atoms with van der Waals surface area (Å²) < 4.78 is 2.07. The smallest absolute Gasteiger partial charge is 0.143 e. The molecule has 1 aliphatic heterocycles. The van der Waals surface area contributed by atoms with Crippen molar-refractivity contribution in [2.75, 3.05) is 0 Å². The van der Waals surface area contributed by atoms with Gasteiger partial charge in [0.15, 0.2) is 0 Å². The second-order valence-electron chi connectivity index (χ2n) is 3.97. The Morgan fingerprint density at radius 3 is 3.13 bits per heavy atom. The first kappa shape index (κ1) is 8.73. The molecule has 15 heavy (non-hydrogen) atoms. The topological polar surface area (TPSA) is 58.3 Å². The Kier molecular flexibility index (Phi) is 1.73. The number of aliphatic hydroxyl groups is 1. The average molecular weight is 204 g/mol. The molecule has 3 rings (SSSR count). The van der Waals surface area contributed by atoms with Crippen LogP contribution in [0.25, 0.3) is 11.0 Å². The summed E-state index contributed by atoms with van der Waals surface area (Å²) in [6.07, 6.45) is 1.04. The zero-order valence-electron chi connectivity index (χ0n) is 8.22. The van der Waals surface area contributed by atoms with Crippen LogP contribution in [0.2, 0.25) is 0 Å². The van der Waals surface area contributed by atoms with Crippen molar-refractivity contribution in [3.05, 3.63) is 24.0 Å². The molecule has 0 saturated heterocycles. The lowest BCUT2D eigenvalue weighted by Crippen LogP contribution is -2.23. The zero-order chi connectivity index (χ0) is 10.4. The van der Waals surface area contributed by atoms with E-state index in [-0.39, 0.29) is 11.9 Å². The number of phenols is 1. The molecule has 0 radical (unpaired) electrons. The van der Waals surface area contributed by atoms with Crippen LogP contribution in [-0.4, -0.2) is 25.9 Å². The van der Waals surface area contributed by atoms with Crippen LogP contribution >= 0.6 is 0 Å². The van der Waals surface area contributed by atoms with Gasteiger partial charge in [-0.05, 0) is 18.6 Å². The molecule has 1 atom stereocenters. The Balaban J connectivity index is 2.27. The second kappa shape index (κ2) is 2.97. The molecule has 0 saturated carbocycles. The van der Waals surface area contributed by atoms with Crippen molar-refractivity contribution < 1.29 is 10.2 Å². The molecule has 4 nitrogen and oxygen atoms in total. The number of para-hydroxylation sites is 1. The molecule has 2 aromatic rings. The Morgan fingerprint density at radius 2 is 2.27 bits per heavy atom. The van der Waals surface area contributed by atoms with Crippen molar-refractivity contribution in [3.8, 4) is 5.75 Å². The molecule has 0 amide bonds. The maximum absolute atomic E-state index is 9.65. The number of aromatic nitrogens is 2. The predicted molar refractivity (Wildman–Crippen MR) is 55.7 cm³/mol. The van der Waals surface area contributed by atoms with Gasteiger partial charge in [-0.3, -0.25) is 0 Å². The maximum Gasteiger partial charge on any atom is 0.143 e. The summed E-state index contributed by atoms with van der Waals surface area (Å²) in [6, 6.07) is 5.40. The van der Waals surface area contributed by atoms with Crippen LogP contribution in [0.4, 0.5) is 0 Å². The Bertz CT molecular complexity index is 519. The number of nitrogens with zero attached hydrogens (tertiary/aromatic N) is 2. The Morgan fingerprint density at radius 1 is 1.40 bits per heavy atom. The van der Waals surface area contributed by atoms with E-state index in [1.807, 2.05) is 12.1 Å². The lowest BCUT2D eigenvalue weighted by atomic mass is 10.1. The minimum Gasteiger partial charge on any atom is -0.506 e. The van der Waals surface area contributed by atoms with E-state index >= 15 is 0 Å². The fourth-order valence-electron chi connectivity index (χ4n) is 2.18. The fraction of sp³-hybridized carbons (Fsp3) is 0.364. The molecular weight excluding hydrogens is 192 g/mol. The number of benzene rings is 1. The SMILES string of the molecule is Oc1cccc2c1nc1n2CCC(O)C1. The molecular formula is C11H12N2O2. The molecule has 1 aromatic heterocycles. The van der Waals surface area contributed by atoms with Gasteiger partial charge in [-0.2, -0.15) is 0 Å². The van der Waals surface area contributed by atoms with Crippen LogP contribution < -0.4 is 0 Å². The van der Waals surface area contributed by atoms with Gasteiger partial charge in [0.2, 0.25) is 0 Å². The van der Waals surface area contributed by atoms with Crippen molar-refractivity contribution in [3.63, 3.8) is 0 Å². The summed E-state index contributed by atoms with van der Waals surface area (Å²) in [7, 11) is 0. The minimum atomic E-state index is -0.295.